The Morgan fingerprint density at radius 2 is 1.89 bits per heavy atom. The maximum absolute atomic E-state index is 11.4. The number of hydroxylamine groups is 1. The lowest BCUT2D eigenvalue weighted by atomic mass is 10.2. The van der Waals surface area contributed by atoms with Crippen molar-refractivity contribution in [2.75, 3.05) is 13.2 Å². The molecule has 0 saturated carbocycles. The number of nitrogens with two attached hydrogens (primary N) is 1. The van der Waals surface area contributed by atoms with E-state index in [0.29, 0.717) is 6.54 Å². The highest BCUT2D eigenvalue weighted by atomic mass is 16.8. The van der Waals surface area contributed by atoms with E-state index in [4.69, 9.17) is 24.8 Å². The molecule has 0 unspecified atom stereocenters. The molecule has 0 aromatic heterocycles. The summed E-state index contributed by atoms with van der Waals surface area (Å²) in [5.41, 5.74) is 7.22. The quantitative estimate of drug-likeness (QED) is 0.742. The fourth-order valence-corrected chi connectivity index (χ4v) is 1.73. The average molecular weight is 276 g/mol. The van der Waals surface area contributed by atoms with E-state index in [1.54, 1.807) is 34.6 Å². The number of ether oxygens (including phenoxy) is 3. The zero-order valence-corrected chi connectivity index (χ0v) is 12.2. The molecule has 0 aromatic rings. The summed E-state index contributed by atoms with van der Waals surface area (Å²) in [6.07, 6.45) is -1.22. The van der Waals surface area contributed by atoms with E-state index in [9.17, 15) is 4.79 Å². The molecule has 2 atom stereocenters. The van der Waals surface area contributed by atoms with Crippen molar-refractivity contribution in [2.24, 2.45) is 5.73 Å². The Kier molecular flexibility index (Phi) is 5.14. The summed E-state index contributed by atoms with van der Waals surface area (Å²) in [7, 11) is 0. The van der Waals surface area contributed by atoms with Crippen molar-refractivity contribution in [3.63, 3.8) is 0 Å². The van der Waals surface area contributed by atoms with Gasteiger partial charge in [-0.3, -0.25) is 4.84 Å². The summed E-state index contributed by atoms with van der Waals surface area (Å²) in [6, 6.07) is 0. The summed E-state index contributed by atoms with van der Waals surface area (Å²) in [5.74, 6) is -0.690. The van der Waals surface area contributed by atoms with E-state index in [1.165, 1.54) is 0 Å². The number of hydrogen-bond acceptors (Lipinski definition) is 6. The van der Waals surface area contributed by atoms with Gasteiger partial charge in [-0.1, -0.05) is 0 Å². The number of carbonyl (C=O) groups excluding carboxylic acids is 1. The summed E-state index contributed by atoms with van der Waals surface area (Å²) in [6.45, 7) is 9.39. The molecule has 1 rings (SSSR count). The molecule has 1 heterocycles. The van der Waals surface area contributed by atoms with Crippen LogP contribution in [0.2, 0.25) is 0 Å². The van der Waals surface area contributed by atoms with Gasteiger partial charge in [0.1, 0.15) is 24.4 Å². The van der Waals surface area contributed by atoms with Gasteiger partial charge in [-0.2, -0.15) is 5.48 Å². The van der Waals surface area contributed by atoms with Crippen LogP contribution in [-0.2, 0) is 19.0 Å². The van der Waals surface area contributed by atoms with Crippen LogP contribution in [0.1, 0.15) is 34.6 Å². The largest absolute Gasteiger partial charge is 0.442 e. The van der Waals surface area contributed by atoms with Crippen molar-refractivity contribution in [3.05, 3.63) is 0 Å². The zero-order valence-electron chi connectivity index (χ0n) is 12.2. The van der Waals surface area contributed by atoms with Crippen LogP contribution in [0.4, 0.5) is 4.79 Å². The minimum absolute atomic E-state index is 0.143. The van der Waals surface area contributed by atoms with Crippen LogP contribution < -0.4 is 11.2 Å². The van der Waals surface area contributed by atoms with Crippen molar-refractivity contribution in [1.29, 1.82) is 0 Å². The van der Waals surface area contributed by atoms with Crippen LogP contribution in [0.15, 0.2) is 0 Å². The molecule has 3 N–H and O–H groups in total. The first-order valence-electron chi connectivity index (χ1n) is 6.29. The molecule has 0 radical (unpaired) electrons. The van der Waals surface area contributed by atoms with Crippen LogP contribution in [-0.4, -0.2) is 42.8 Å². The lowest BCUT2D eigenvalue weighted by Crippen LogP contribution is -2.38. The number of nitrogens with one attached hydrogen (secondary N) is 1. The van der Waals surface area contributed by atoms with Gasteiger partial charge >= 0.3 is 6.09 Å². The van der Waals surface area contributed by atoms with Gasteiger partial charge in [-0.05, 0) is 34.6 Å². The van der Waals surface area contributed by atoms with Crippen LogP contribution in [0.3, 0.4) is 0 Å². The van der Waals surface area contributed by atoms with Gasteiger partial charge < -0.3 is 19.9 Å². The molecule has 1 fully saturated rings. The Morgan fingerprint density at radius 3 is 2.42 bits per heavy atom. The van der Waals surface area contributed by atoms with Crippen LogP contribution in [0.25, 0.3) is 0 Å². The van der Waals surface area contributed by atoms with E-state index in [0.717, 1.165) is 0 Å². The van der Waals surface area contributed by atoms with Crippen molar-refractivity contribution in [3.8, 4) is 0 Å². The molecule has 1 aliphatic rings. The predicted molar refractivity (Wildman–Crippen MR) is 68.2 cm³/mol. The summed E-state index contributed by atoms with van der Waals surface area (Å²) >= 11 is 0. The third-order valence-electron chi connectivity index (χ3n) is 2.32. The zero-order chi connectivity index (χ0) is 14.7. The predicted octanol–water partition coefficient (Wildman–Crippen LogP) is 0.922. The van der Waals surface area contributed by atoms with Crippen LogP contribution in [0.5, 0.6) is 0 Å². The molecule has 7 nitrogen and oxygen atoms in total. The van der Waals surface area contributed by atoms with Gasteiger partial charge in [0.05, 0.1) is 0 Å². The number of rotatable bonds is 4. The summed E-state index contributed by atoms with van der Waals surface area (Å²) in [4.78, 5) is 16.4. The molecule has 19 heavy (non-hydrogen) atoms. The number of hydrogen-bond donors (Lipinski definition) is 2. The van der Waals surface area contributed by atoms with E-state index < -0.39 is 17.5 Å². The minimum Gasteiger partial charge on any atom is -0.442 e. The first kappa shape index (κ1) is 16.2. The third-order valence-corrected chi connectivity index (χ3v) is 2.32. The standard InChI is InChI=1S/C12H24N2O5/c1-11(2,3)19-10(15)14-16-7-9-8(6-13)17-12(4,5)18-9/h8-9H,6-7,13H2,1-5H3,(H,14,15)/t8-,9-/m1/s1. The Bertz CT molecular complexity index is 314. The van der Waals surface area contributed by atoms with E-state index >= 15 is 0 Å². The maximum Gasteiger partial charge on any atom is 0.431 e. The van der Waals surface area contributed by atoms with E-state index in [2.05, 4.69) is 5.48 Å². The number of amides is 1. The Hall–Kier alpha value is -0.890. The van der Waals surface area contributed by atoms with Gasteiger partial charge in [0.2, 0.25) is 0 Å². The second-order valence-electron chi connectivity index (χ2n) is 5.86. The highest BCUT2D eigenvalue weighted by Crippen LogP contribution is 2.27. The second-order valence-corrected chi connectivity index (χ2v) is 5.86. The Balaban J connectivity index is 2.31. The highest BCUT2D eigenvalue weighted by Gasteiger charge is 2.40. The van der Waals surface area contributed by atoms with Gasteiger partial charge in [-0.25, -0.2) is 4.79 Å². The first-order valence-corrected chi connectivity index (χ1v) is 6.29. The van der Waals surface area contributed by atoms with Crippen molar-refractivity contribution < 1.29 is 23.8 Å². The van der Waals surface area contributed by atoms with Crippen LogP contribution >= 0.6 is 0 Å². The monoisotopic (exact) mass is 276 g/mol. The SMILES string of the molecule is CC(C)(C)OC(=O)NOC[C@H]1OC(C)(C)O[C@@H]1CN. The smallest absolute Gasteiger partial charge is 0.431 e. The fourth-order valence-electron chi connectivity index (χ4n) is 1.73. The number of carbonyl (C=O) groups is 1. The minimum atomic E-state index is -0.690. The molecule has 0 aliphatic carbocycles. The third kappa shape index (κ3) is 5.73. The topological polar surface area (TPSA) is 92.0 Å². The van der Waals surface area contributed by atoms with E-state index in [-0.39, 0.29) is 18.8 Å². The van der Waals surface area contributed by atoms with Gasteiger partial charge in [0.15, 0.2) is 5.79 Å². The van der Waals surface area contributed by atoms with Gasteiger partial charge in [0, 0.05) is 6.54 Å². The molecular formula is C12H24N2O5. The summed E-state index contributed by atoms with van der Waals surface area (Å²) in [5, 5.41) is 0. The lowest BCUT2D eigenvalue weighted by molar-refractivity contribution is -0.152. The molecule has 1 saturated heterocycles. The highest BCUT2D eigenvalue weighted by molar-refractivity contribution is 5.66. The molecule has 1 aliphatic heterocycles. The van der Waals surface area contributed by atoms with Crippen molar-refractivity contribution in [1.82, 2.24) is 5.48 Å². The van der Waals surface area contributed by atoms with Crippen LogP contribution in [0, 0.1) is 0 Å². The average Bonchev–Trinajstić information content (AvgIpc) is 2.50. The first-order chi connectivity index (χ1) is 8.63. The molecule has 0 spiro atoms. The summed E-state index contributed by atoms with van der Waals surface area (Å²) < 4.78 is 16.2. The fraction of sp³-hybridized carbons (Fsp3) is 0.917. The molecular weight excluding hydrogens is 252 g/mol. The molecule has 112 valence electrons. The Morgan fingerprint density at radius 1 is 1.32 bits per heavy atom. The maximum atomic E-state index is 11.4. The lowest BCUT2D eigenvalue weighted by Gasteiger charge is -2.20. The Labute approximate surface area is 113 Å². The van der Waals surface area contributed by atoms with Crippen molar-refractivity contribution >= 4 is 6.09 Å². The van der Waals surface area contributed by atoms with Crippen molar-refractivity contribution in [2.45, 2.75) is 58.2 Å². The van der Waals surface area contributed by atoms with Gasteiger partial charge in [-0.15, -0.1) is 0 Å². The molecule has 0 bridgehead atoms. The second kappa shape index (κ2) is 6.04. The molecule has 1 amide bonds. The van der Waals surface area contributed by atoms with Gasteiger partial charge in [0.25, 0.3) is 0 Å². The normalized spacial score (nSPS) is 26.2. The molecule has 0 aromatic carbocycles. The van der Waals surface area contributed by atoms with E-state index in [1.807, 2.05) is 0 Å². The molecule has 7 heteroatoms.